The molecule has 0 aromatic heterocycles. The predicted octanol–water partition coefficient (Wildman–Crippen LogP) is 3.16. The minimum atomic E-state index is 0.630. The van der Waals surface area contributed by atoms with Crippen molar-refractivity contribution in [3.63, 3.8) is 0 Å². The molecule has 3 rings (SSSR count). The number of hydrogen-bond donors (Lipinski definition) is 0. The van der Waals surface area contributed by atoms with Crippen LogP contribution in [0, 0.1) is 17.8 Å². The summed E-state index contributed by atoms with van der Waals surface area (Å²) in [5.74, 6) is 2.72. The third-order valence-corrected chi connectivity index (χ3v) is 4.37. The molecule has 1 saturated carbocycles. The summed E-state index contributed by atoms with van der Waals surface area (Å²) < 4.78 is 5.50. The summed E-state index contributed by atoms with van der Waals surface area (Å²) in [5, 5.41) is 0. The molecule has 0 N–H and O–H groups in total. The molecule has 1 heteroatoms. The molecule has 3 aliphatic rings. The highest BCUT2D eigenvalue weighted by atomic mass is 16.6. The van der Waals surface area contributed by atoms with Gasteiger partial charge in [-0.2, -0.15) is 0 Å². The molecule has 0 radical (unpaired) electrons. The maximum Gasteiger partial charge on any atom is 0.0843 e. The molecule has 14 heavy (non-hydrogen) atoms. The zero-order valence-corrected chi connectivity index (χ0v) is 9.04. The molecule has 78 valence electrons. The molecule has 0 spiro atoms. The highest BCUT2D eigenvalue weighted by molar-refractivity contribution is 5.11. The Morgan fingerprint density at radius 1 is 1.29 bits per heavy atom. The van der Waals surface area contributed by atoms with E-state index in [1.54, 1.807) is 5.57 Å². The van der Waals surface area contributed by atoms with Crippen LogP contribution in [0.25, 0.3) is 0 Å². The van der Waals surface area contributed by atoms with Gasteiger partial charge in [-0.05, 0) is 50.4 Å². The fraction of sp³-hybridized carbons (Fsp3) is 0.846. The predicted molar refractivity (Wildman–Crippen MR) is 57.1 cm³/mol. The van der Waals surface area contributed by atoms with Crippen molar-refractivity contribution in [3.8, 4) is 0 Å². The fourth-order valence-electron chi connectivity index (χ4n) is 3.51. The summed E-state index contributed by atoms with van der Waals surface area (Å²) in [6.45, 7) is 3.34. The van der Waals surface area contributed by atoms with Crippen LogP contribution in [-0.4, -0.2) is 12.7 Å². The molecule has 2 aliphatic carbocycles. The smallest absolute Gasteiger partial charge is 0.0843 e. The van der Waals surface area contributed by atoms with E-state index in [2.05, 4.69) is 13.0 Å². The Morgan fingerprint density at radius 2 is 2.14 bits per heavy atom. The van der Waals surface area contributed by atoms with Gasteiger partial charge in [-0.25, -0.2) is 0 Å². The average Bonchev–Trinajstić information content (AvgIpc) is 3.00. The molecule has 0 bridgehead atoms. The zero-order valence-electron chi connectivity index (χ0n) is 9.04. The topological polar surface area (TPSA) is 12.5 Å². The number of hydrogen-bond acceptors (Lipinski definition) is 1. The first-order valence-electron chi connectivity index (χ1n) is 6.13. The summed E-state index contributed by atoms with van der Waals surface area (Å²) in [6, 6.07) is 0. The van der Waals surface area contributed by atoms with Crippen LogP contribution in [-0.2, 0) is 4.74 Å². The minimum Gasteiger partial charge on any atom is -0.373 e. The molecule has 4 atom stereocenters. The lowest BCUT2D eigenvalue weighted by molar-refractivity contribution is 0.143. The van der Waals surface area contributed by atoms with Crippen molar-refractivity contribution in [2.45, 2.75) is 45.1 Å². The van der Waals surface area contributed by atoms with E-state index < -0.39 is 0 Å². The third kappa shape index (κ3) is 1.52. The second-order valence-corrected chi connectivity index (χ2v) is 5.36. The van der Waals surface area contributed by atoms with Crippen LogP contribution in [0.3, 0.4) is 0 Å². The van der Waals surface area contributed by atoms with Gasteiger partial charge in [-0.1, -0.05) is 18.1 Å². The lowest BCUT2D eigenvalue weighted by Crippen LogP contribution is -2.32. The van der Waals surface area contributed by atoms with E-state index in [-0.39, 0.29) is 0 Å². The van der Waals surface area contributed by atoms with Crippen molar-refractivity contribution in [1.29, 1.82) is 0 Å². The standard InChI is InChI=1S/C13H20O/c1-9-5-6-10-3-2-4-11(12(10)7-9)13-8-14-13/h7,10-13H,2-6,8H2,1H3/t10?,11?,12?,13-/m0/s1. The van der Waals surface area contributed by atoms with Crippen molar-refractivity contribution in [2.24, 2.45) is 17.8 Å². The molecule has 1 saturated heterocycles. The lowest BCUT2D eigenvalue weighted by atomic mass is 9.66. The average molecular weight is 192 g/mol. The van der Waals surface area contributed by atoms with Crippen LogP contribution >= 0.6 is 0 Å². The molecule has 0 amide bonds. The van der Waals surface area contributed by atoms with Gasteiger partial charge in [-0.15, -0.1) is 0 Å². The van der Waals surface area contributed by atoms with Gasteiger partial charge < -0.3 is 4.74 Å². The first-order chi connectivity index (χ1) is 6.84. The summed E-state index contributed by atoms with van der Waals surface area (Å²) in [4.78, 5) is 0. The number of ether oxygens (including phenoxy) is 1. The summed E-state index contributed by atoms with van der Waals surface area (Å²) >= 11 is 0. The minimum absolute atomic E-state index is 0.630. The van der Waals surface area contributed by atoms with Crippen molar-refractivity contribution < 1.29 is 4.74 Å². The van der Waals surface area contributed by atoms with Gasteiger partial charge in [0.2, 0.25) is 0 Å². The Kier molecular flexibility index (Phi) is 2.16. The Bertz CT molecular complexity index is 252. The molecule has 3 unspecified atom stereocenters. The van der Waals surface area contributed by atoms with Gasteiger partial charge >= 0.3 is 0 Å². The Balaban J connectivity index is 1.81. The van der Waals surface area contributed by atoms with Crippen molar-refractivity contribution in [1.82, 2.24) is 0 Å². The second kappa shape index (κ2) is 3.37. The molecule has 2 fully saturated rings. The van der Waals surface area contributed by atoms with Crippen LogP contribution in [0.15, 0.2) is 11.6 Å². The highest BCUT2D eigenvalue weighted by Gasteiger charge is 2.42. The summed E-state index contributed by atoms with van der Waals surface area (Å²) in [6.07, 6.45) is 10.3. The second-order valence-electron chi connectivity index (χ2n) is 5.36. The van der Waals surface area contributed by atoms with E-state index in [1.807, 2.05) is 0 Å². The molecule has 1 nitrogen and oxygen atoms in total. The van der Waals surface area contributed by atoms with Crippen molar-refractivity contribution >= 4 is 0 Å². The fourth-order valence-corrected chi connectivity index (χ4v) is 3.51. The van der Waals surface area contributed by atoms with Gasteiger partial charge in [0.15, 0.2) is 0 Å². The quantitative estimate of drug-likeness (QED) is 0.459. The summed E-state index contributed by atoms with van der Waals surface area (Å²) in [7, 11) is 0. The van der Waals surface area contributed by atoms with Crippen molar-refractivity contribution in [2.75, 3.05) is 6.61 Å². The maximum atomic E-state index is 5.50. The normalized spacial score (nSPS) is 46.8. The molecule has 1 heterocycles. The first kappa shape index (κ1) is 8.96. The number of rotatable bonds is 1. The SMILES string of the molecule is CC1=CC2C(CCCC2[C@@H]2CO2)CC1. The van der Waals surface area contributed by atoms with Crippen LogP contribution in [0.5, 0.6) is 0 Å². The molecule has 1 aliphatic heterocycles. The maximum absolute atomic E-state index is 5.50. The van der Waals surface area contributed by atoms with Crippen molar-refractivity contribution in [3.05, 3.63) is 11.6 Å². The number of epoxide rings is 1. The third-order valence-electron chi connectivity index (χ3n) is 4.37. The first-order valence-corrected chi connectivity index (χ1v) is 6.13. The Morgan fingerprint density at radius 3 is 2.93 bits per heavy atom. The van der Waals surface area contributed by atoms with Gasteiger partial charge in [-0.3, -0.25) is 0 Å². The zero-order chi connectivity index (χ0) is 9.54. The molecular formula is C13H20O. The van der Waals surface area contributed by atoms with E-state index in [4.69, 9.17) is 4.74 Å². The number of allylic oxidation sites excluding steroid dienone is 2. The largest absolute Gasteiger partial charge is 0.373 e. The van der Waals surface area contributed by atoms with Gasteiger partial charge in [0.25, 0.3) is 0 Å². The number of fused-ring (bicyclic) bond motifs is 1. The van der Waals surface area contributed by atoms with Gasteiger partial charge in [0.05, 0.1) is 12.7 Å². The van der Waals surface area contributed by atoms with E-state index >= 15 is 0 Å². The van der Waals surface area contributed by atoms with Crippen LogP contribution in [0.2, 0.25) is 0 Å². The van der Waals surface area contributed by atoms with Gasteiger partial charge in [0.1, 0.15) is 0 Å². The Hall–Kier alpha value is -0.300. The molecule has 0 aromatic carbocycles. The Labute approximate surface area is 86.5 Å². The monoisotopic (exact) mass is 192 g/mol. The van der Waals surface area contributed by atoms with E-state index in [1.165, 1.54) is 32.1 Å². The van der Waals surface area contributed by atoms with E-state index in [0.29, 0.717) is 6.10 Å². The molecule has 0 aromatic rings. The highest BCUT2D eigenvalue weighted by Crippen LogP contribution is 2.46. The summed E-state index contributed by atoms with van der Waals surface area (Å²) in [5.41, 5.74) is 1.62. The van der Waals surface area contributed by atoms with Crippen LogP contribution < -0.4 is 0 Å². The molecular weight excluding hydrogens is 172 g/mol. The lowest BCUT2D eigenvalue weighted by Gasteiger charge is -2.39. The van der Waals surface area contributed by atoms with Crippen LogP contribution in [0.4, 0.5) is 0 Å². The van der Waals surface area contributed by atoms with E-state index in [9.17, 15) is 0 Å². The van der Waals surface area contributed by atoms with E-state index in [0.717, 1.165) is 24.4 Å². The van der Waals surface area contributed by atoms with Gasteiger partial charge in [0, 0.05) is 0 Å². The van der Waals surface area contributed by atoms with Crippen LogP contribution in [0.1, 0.15) is 39.0 Å².